The lowest BCUT2D eigenvalue weighted by molar-refractivity contribution is -0.116. The summed E-state index contributed by atoms with van der Waals surface area (Å²) in [6.45, 7) is 6.78. The normalized spacial score (nSPS) is 10.9. The minimum atomic E-state index is -0.196. The van der Waals surface area contributed by atoms with Crippen LogP contribution in [0.2, 0.25) is 0 Å². The van der Waals surface area contributed by atoms with E-state index in [1.807, 2.05) is 28.8 Å². The molecule has 0 spiro atoms. The number of aromatic nitrogens is 3. The lowest BCUT2D eigenvalue weighted by Gasteiger charge is -2.08. The number of carbonyl (C=O) groups is 1. The molecule has 0 aliphatic heterocycles. The maximum Gasteiger partial charge on any atom is 0.244 e. The van der Waals surface area contributed by atoms with Crippen molar-refractivity contribution in [2.45, 2.75) is 30.9 Å². The Balaban J connectivity index is 1.59. The first-order valence-corrected chi connectivity index (χ1v) is 10.9. The van der Waals surface area contributed by atoms with Crippen LogP contribution in [0.3, 0.4) is 0 Å². The number of amides is 1. The average molecular weight is 435 g/mol. The van der Waals surface area contributed by atoms with E-state index in [-0.39, 0.29) is 12.5 Å². The predicted molar refractivity (Wildman–Crippen MR) is 125 cm³/mol. The average Bonchev–Trinajstić information content (AvgIpc) is 3.17. The molecule has 0 radical (unpaired) electrons. The van der Waals surface area contributed by atoms with E-state index in [0.29, 0.717) is 12.4 Å². The SMILES string of the molecule is C=CCn1c(CNC(=O)C=Cc2ccc(OC)cc2)nnc1SCc1cccc(C)c1. The molecule has 1 amide bonds. The molecule has 0 fully saturated rings. The van der Waals surface area contributed by atoms with Crippen LogP contribution in [0.4, 0.5) is 0 Å². The summed E-state index contributed by atoms with van der Waals surface area (Å²) in [4.78, 5) is 12.2. The minimum absolute atomic E-state index is 0.196. The van der Waals surface area contributed by atoms with Crippen molar-refractivity contribution in [2.24, 2.45) is 0 Å². The van der Waals surface area contributed by atoms with Gasteiger partial charge in [0.15, 0.2) is 11.0 Å². The topological polar surface area (TPSA) is 69.0 Å². The maximum absolute atomic E-state index is 12.2. The summed E-state index contributed by atoms with van der Waals surface area (Å²) in [5.41, 5.74) is 3.38. The summed E-state index contributed by atoms with van der Waals surface area (Å²) in [5, 5.41) is 12.2. The number of aryl methyl sites for hydroxylation is 1. The van der Waals surface area contributed by atoms with E-state index >= 15 is 0 Å². The molecule has 7 heteroatoms. The van der Waals surface area contributed by atoms with E-state index in [1.54, 1.807) is 31.0 Å². The zero-order valence-corrected chi connectivity index (χ0v) is 18.6. The first kappa shape index (κ1) is 22.4. The molecule has 31 heavy (non-hydrogen) atoms. The van der Waals surface area contributed by atoms with Crippen LogP contribution >= 0.6 is 11.8 Å². The molecule has 0 atom stereocenters. The van der Waals surface area contributed by atoms with Crippen LogP contribution in [0.1, 0.15) is 22.5 Å². The molecule has 1 heterocycles. The second kappa shape index (κ2) is 11.2. The monoisotopic (exact) mass is 434 g/mol. The van der Waals surface area contributed by atoms with Crippen LogP contribution in [0.5, 0.6) is 5.75 Å². The van der Waals surface area contributed by atoms with Crippen LogP contribution in [-0.4, -0.2) is 27.8 Å². The Morgan fingerprint density at radius 1 is 1.23 bits per heavy atom. The Hall–Kier alpha value is -3.32. The standard InChI is InChI=1S/C24H26N4O2S/c1-4-14-28-22(26-27-24(28)31-17-20-7-5-6-18(2)15-20)16-25-23(29)13-10-19-8-11-21(30-3)12-9-19/h4-13,15H,1,14,16-17H2,2-3H3,(H,25,29). The van der Waals surface area contributed by atoms with Crippen molar-refractivity contribution in [1.82, 2.24) is 20.1 Å². The van der Waals surface area contributed by atoms with E-state index in [2.05, 4.69) is 53.3 Å². The minimum Gasteiger partial charge on any atom is -0.497 e. The van der Waals surface area contributed by atoms with E-state index in [1.165, 1.54) is 17.2 Å². The molecule has 1 N–H and O–H groups in total. The van der Waals surface area contributed by atoms with Crippen LogP contribution in [-0.2, 0) is 23.6 Å². The number of nitrogens with zero attached hydrogens (tertiary/aromatic N) is 3. The maximum atomic E-state index is 12.2. The third-order valence-electron chi connectivity index (χ3n) is 4.52. The molecular formula is C24H26N4O2S. The van der Waals surface area contributed by atoms with Crippen LogP contribution in [0.15, 0.2) is 72.4 Å². The second-order valence-corrected chi connectivity index (χ2v) is 7.84. The van der Waals surface area contributed by atoms with Crippen molar-refractivity contribution >= 4 is 23.7 Å². The first-order chi connectivity index (χ1) is 15.1. The molecule has 160 valence electrons. The van der Waals surface area contributed by atoms with Crippen molar-refractivity contribution in [3.05, 3.63) is 89.8 Å². The van der Waals surface area contributed by atoms with Gasteiger partial charge in [0.2, 0.25) is 5.91 Å². The number of methoxy groups -OCH3 is 1. The van der Waals surface area contributed by atoms with Crippen molar-refractivity contribution in [3.63, 3.8) is 0 Å². The van der Waals surface area contributed by atoms with Gasteiger partial charge in [0, 0.05) is 18.4 Å². The van der Waals surface area contributed by atoms with Gasteiger partial charge in [0.1, 0.15) is 5.75 Å². The number of carbonyl (C=O) groups excluding carboxylic acids is 1. The van der Waals surface area contributed by atoms with E-state index in [4.69, 9.17) is 4.74 Å². The summed E-state index contributed by atoms with van der Waals surface area (Å²) < 4.78 is 7.11. The summed E-state index contributed by atoms with van der Waals surface area (Å²) >= 11 is 1.62. The van der Waals surface area contributed by atoms with Gasteiger partial charge in [-0.1, -0.05) is 59.8 Å². The Kier molecular flexibility index (Phi) is 8.06. The number of rotatable bonds is 10. The summed E-state index contributed by atoms with van der Waals surface area (Å²) in [6, 6.07) is 15.9. The number of hydrogen-bond acceptors (Lipinski definition) is 5. The van der Waals surface area contributed by atoms with Gasteiger partial charge in [-0.15, -0.1) is 16.8 Å². The Bertz CT molecular complexity index is 1060. The number of thioether (sulfide) groups is 1. The fraction of sp³-hybridized carbons (Fsp3) is 0.208. The van der Waals surface area contributed by atoms with Crippen molar-refractivity contribution in [3.8, 4) is 5.75 Å². The molecule has 0 saturated carbocycles. The highest BCUT2D eigenvalue weighted by molar-refractivity contribution is 7.98. The van der Waals surface area contributed by atoms with E-state index in [0.717, 1.165) is 22.2 Å². The highest BCUT2D eigenvalue weighted by Crippen LogP contribution is 2.22. The molecule has 6 nitrogen and oxygen atoms in total. The number of ether oxygens (including phenoxy) is 1. The largest absolute Gasteiger partial charge is 0.497 e. The van der Waals surface area contributed by atoms with Gasteiger partial charge in [-0.05, 0) is 36.3 Å². The molecule has 3 rings (SSSR count). The van der Waals surface area contributed by atoms with Gasteiger partial charge in [0.25, 0.3) is 0 Å². The summed E-state index contributed by atoms with van der Waals surface area (Å²) in [5.74, 6) is 2.07. The molecule has 0 aliphatic carbocycles. The van der Waals surface area contributed by atoms with Crippen LogP contribution in [0.25, 0.3) is 6.08 Å². The third-order valence-corrected chi connectivity index (χ3v) is 5.56. The highest BCUT2D eigenvalue weighted by Gasteiger charge is 2.12. The van der Waals surface area contributed by atoms with Gasteiger partial charge in [-0.3, -0.25) is 4.79 Å². The molecule has 0 unspecified atom stereocenters. The Morgan fingerprint density at radius 3 is 2.74 bits per heavy atom. The molecule has 2 aromatic carbocycles. The number of hydrogen-bond donors (Lipinski definition) is 1. The lowest BCUT2D eigenvalue weighted by Crippen LogP contribution is -2.22. The molecular weight excluding hydrogens is 408 g/mol. The van der Waals surface area contributed by atoms with E-state index in [9.17, 15) is 4.79 Å². The molecule has 0 aliphatic rings. The molecule has 3 aromatic rings. The van der Waals surface area contributed by atoms with Gasteiger partial charge >= 0.3 is 0 Å². The van der Waals surface area contributed by atoms with Crippen molar-refractivity contribution in [2.75, 3.05) is 7.11 Å². The second-order valence-electron chi connectivity index (χ2n) is 6.90. The van der Waals surface area contributed by atoms with Gasteiger partial charge in [-0.25, -0.2) is 0 Å². The lowest BCUT2D eigenvalue weighted by atomic mass is 10.2. The molecule has 1 aromatic heterocycles. The van der Waals surface area contributed by atoms with Gasteiger partial charge < -0.3 is 14.6 Å². The third kappa shape index (κ3) is 6.58. The molecule has 0 saturated heterocycles. The number of allylic oxidation sites excluding steroid dienone is 1. The predicted octanol–water partition coefficient (Wildman–Crippen LogP) is 4.40. The van der Waals surface area contributed by atoms with Crippen molar-refractivity contribution in [1.29, 1.82) is 0 Å². The zero-order chi connectivity index (χ0) is 22.1. The van der Waals surface area contributed by atoms with Gasteiger partial charge in [-0.2, -0.15) is 0 Å². The highest BCUT2D eigenvalue weighted by atomic mass is 32.2. The van der Waals surface area contributed by atoms with Crippen LogP contribution < -0.4 is 10.1 Å². The zero-order valence-electron chi connectivity index (χ0n) is 17.7. The number of benzene rings is 2. The van der Waals surface area contributed by atoms with Crippen molar-refractivity contribution < 1.29 is 9.53 Å². The molecule has 0 bridgehead atoms. The summed E-state index contributed by atoms with van der Waals surface area (Å²) in [7, 11) is 1.62. The Labute approximate surface area is 187 Å². The van der Waals surface area contributed by atoms with Crippen LogP contribution in [0, 0.1) is 6.92 Å². The smallest absolute Gasteiger partial charge is 0.244 e. The van der Waals surface area contributed by atoms with E-state index < -0.39 is 0 Å². The fourth-order valence-electron chi connectivity index (χ4n) is 2.93. The fourth-order valence-corrected chi connectivity index (χ4v) is 3.84. The van der Waals surface area contributed by atoms with Gasteiger partial charge in [0.05, 0.1) is 13.7 Å². The quantitative estimate of drug-likeness (QED) is 0.291. The first-order valence-electron chi connectivity index (χ1n) is 9.90. The Morgan fingerprint density at radius 2 is 2.03 bits per heavy atom. The number of nitrogens with one attached hydrogen (secondary N) is 1. The summed E-state index contributed by atoms with van der Waals surface area (Å²) in [6.07, 6.45) is 5.06.